The summed E-state index contributed by atoms with van der Waals surface area (Å²) in [5.74, 6) is 1.36. The maximum atomic E-state index is 12.2. The lowest BCUT2D eigenvalue weighted by molar-refractivity contribution is -0.387. The maximum absolute atomic E-state index is 12.2. The molecule has 0 saturated carbocycles. The molecule has 0 aliphatic carbocycles. The van der Waals surface area contributed by atoms with E-state index in [9.17, 15) is 18.5 Å². The lowest BCUT2D eigenvalue weighted by Crippen LogP contribution is -2.26. The van der Waals surface area contributed by atoms with Gasteiger partial charge in [0.15, 0.2) is 4.90 Å². The van der Waals surface area contributed by atoms with E-state index in [1.54, 1.807) is 11.8 Å². The molecule has 128 valence electrons. The van der Waals surface area contributed by atoms with Crippen molar-refractivity contribution in [2.75, 3.05) is 12.3 Å². The van der Waals surface area contributed by atoms with E-state index < -0.39 is 20.6 Å². The number of hydrogen-bond acceptors (Lipinski definition) is 5. The van der Waals surface area contributed by atoms with E-state index in [0.717, 1.165) is 5.75 Å². The number of rotatable bonds is 8. The second-order valence-corrected chi connectivity index (χ2v) is 8.00. The molecule has 2 aromatic rings. The third-order valence-corrected chi connectivity index (χ3v) is 5.78. The van der Waals surface area contributed by atoms with Crippen molar-refractivity contribution in [1.82, 2.24) is 4.72 Å². The Hall–Kier alpha value is -1.90. The van der Waals surface area contributed by atoms with E-state index in [1.807, 2.05) is 25.1 Å². The number of sulfonamides is 1. The zero-order valence-electron chi connectivity index (χ0n) is 13.1. The summed E-state index contributed by atoms with van der Waals surface area (Å²) in [6.07, 6.45) is 0. The van der Waals surface area contributed by atoms with Gasteiger partial charge in [0.25, 0.3) is 5.69 Å². The van der Waals surface area contributed by atoms with Crippen LogP contribution in [0.3, 0.4) is 0 Å². The second kappa shape index (κ2) is 8.27. The summed E-state index contributed by atoms with van der Waals surface area (Å²) in [5, 5.41) is 10.9. The van der Waals surface area contributed by atoms with Crippen molar-refractivity contribution in [3.05, 3.63) is 69.8 Å². The number of aryl methyl sites for hydroxylation is 1. The monoisotopic (exact) mass is 366 g/mol. The highest BCUT2D eigenvalue weighted by molar-refractivity contribution is 7.98. The van der Waals surface area contributed by atoms with Crippen molar-refractivity contribution in [1.29, 1.82) is 0 Å². The van der Waals surface area contributed by atoms with Crippen LogP contribution < -0.4 is 4.72 Å². The van der Waals surface area contributed by atoms with Gasteiger partial charge in [-0.15, -0.1) is 0 Å². The number of nitro groups is 1. The zero-order chi connectivity index (χ0) is 17.6. The van der Waals surface area contributed by atoms with Crippen LogP contribution in [0.1, 0.15) is 11.1 Å². The summed E-state index contributed by atoms with van der Waals surface area (Å²) in [7, 11) is -3.89. The van der Waals surface area contributed by atoms with Crippen LogP contribution in [0, 0.1) is 17.0 Å². The molecular formula is C16H18N2O4S2. The number of benzene rings is 2. The molecule has 0 aromatic heterocycles. The molecule has 0 bridgehead atoms. The Balaban J connectivity index is 1.88. The van der Waals surface area contributed by atoms with Crippen LogP contribution in [0.25, 0.3) is 0 Å². The van der Waals surface area contributed by atoms with Crippen LogP contribution in [-0.4, -0.2) is 25.6 Å². The molecule has 0 unspecified atom stereocenters. The van der Waals surface area contributed by atoms with Crippen LogP contribution in [-0.2, 0) is 15.8 Å². The van der Waals surface area contributed by atoms with Crippen molar-refractivity contribution < 1.29 is 13.3 Å². The van der Waals surface area contributed by atoms with E-state index in [0.29, 0.717) is 5.75 Å². The predicted molar refractivity (Wildman–Crippen MR) is 95.6 cm³/mol. The van der Waals surface area contributed by atoms with Gasteiger partial charge in [0.05, 0.1) is 4.92 Å². The smallest absolute Gasteiger partial charge is 0.258 e. The number of hydrogen-bond donors (Lipinski definition) is 1. The summed E-state index contributed by atoms with van der Waals surface area (Å²) in [6.45, 7) is 2.24. The maximum Gasteiger partial charge on any atom is 0.289 e. The number of nitrogens with zero attached hydrogens (tertiary/aromatic N) is 1. The molecule has 0 aliphatic rings. The third kappa shape index (κ3) is 5.05. The highest BCUT2D eigenvalue weighted by atomic mass is 32.2. The Labute approximate surface area is 145 Å². The Morgan fingerprint density at radius 1 is 1.17 bits per heavy atom. The number of thioether (sulfide) groups is 1. The third-order valence-electron chi connectivity index (χ3n) is 3.24. The quantitative estimate of drug-likeness (QED) is 0.440. The average Bonchev–Trinajstić information content (AvgIpc) is 2.54. The molecule has 0 fully saturated rings. The SMILES string of the molecule is Cc1cccc(CSCCNS(=O)(=O)c2ccccc2[N+](=O)[O-])c1. The number of para-hydroxylation sites is 1. The molecule has 2 rings (SSSR count). The lowest BCUT2D eigenvalue weighted by Gasteiger charge is -2.07. The van der Waals surface area contributed by atoms with E-state index in [4.69, 9.17) is 0 Å². The largest absolute Gasteiger partial charge is 0.289 e. The molecule has 0 heterocycles. The van der Waals surface area contributed by atoms with Crippen LogP contribution in [0.4, 0.5) is 5.69 Å². The molecule has 2 aromatic carbocycles. The molecule has 0 saturated heterocycles. The van der Waals surface area contributed by atoms with E-state index in [1.165, 1.54) is 35.4 Å². The molecule has 1 N–H and O–H groups in total. The normalized spacial score (nSPS) is 11.4. The highest BCUT2D eigenvalue weighted by Gasteiger charge is 2.24. The summed E-state index contributed by atoms with van der Waals surface area (Å²) >= 11 is 1.60. The average molecular weight is 366 g/mol. The van der Waals surface area contributed by atoms with Gasteiger partial charge in [-0.1, -0.05) is 42.0 Å². The van der Waals surface area contributed by atoms with Crippen molar-refractivity contribution >= 4 is 27.5 Å². The molecule has 0 aliphatic heterocycles. The summed E-state index contributed by atoms with van der Waals surface area (Å²) < 4.78 is 26.8. The molecular weight excluding hydrogens is 348 g/mol. The molecule has 0 atom stereocenters. The topological polar surface area (TPSA) is 89.3 Å². The highest BCUT2D eigenvalue weighted by Crippen LogP contribution is 2.22. The molecule has 24 heavy (non-hydrogen) atoms. The van der Waals surface area contributed by atoms with Gasteiger partial charge in [-0.25, -0.2) is 13.1 Å². The van der Waals surface area contributed by atoms with Crippen molar-refractivity contribution in [3.8, 4) is 0 Å². The molecule has 0 radical (unpaired) electrons. The molecule has 0 spiro atoms. The predicted octanol–water partition coefficient (Wildman–Crippen LogP) is 3.11. The zero-order valence-corrected chi connectivity index (χ0v) is 14.8. The molecule has 0 amide bonds. The summed E-state index contributed by atoms with van der Waals surface area (Å²) in [5.41, 5.74) is 1.95. The van der Waals surface area contributed by atoms with Gasteiger partial charge in [-0.2, -0.15) is 11.8 Å². The Kier molecular flexibility index (Phi) is 6.36. The Morgan fingerprint density at radius 3 is 2.62 bits per heavy atom. The molecule has 8 heteroatoms. The Morgan fingerprint density at radius 2 is 1.92 bits per heavy atom. The van der Waals surface area contributed by atoms with Gasteiger partial charge in [0, 0.05) is 24.1 Å². The van der Waals surface area contributed by atoms with Gasteiger partial charge in [-0.3, -0.25) is 10.1 Å². The number of nitro benzene ring substituents is 1. The van der Waals surface area contributed by atoms with E-state index >= 15 is 0 Å². The first-order chi connectivity index (χ1) is 11.4. The fraction of sp³-hybridized carbons (Fsp3) is 0.250. The first-order valence-corrected chi connectivity index (χ1v) is 9.90. The minimum absolute atomic E-state index is 0.213. The fourth-order valence-corrected chi connectivity index (χ4v) is 4.29. The minimum atomic E-state index is -3.89. The minimum Gasteiger partial charge on any atom is -0.258 e. The van der Waals surface area contributed by atoms with Gasteiger partial charge >= 0.3 is 0 Å². The van der Waals surface area contributed by atoms with Crippen LogP contribution in [0.2, 0.25) is 0 Å². The number of nitrogens with one attached hydrogen (secondary N) is 1. The fourth-order valence-electron chi connectivity index (χ4n) is 2.15. The lowest BCUT2D eigenvalue weighted by atomic mass is 10.2. The van der Waals surface area contributed by atoms with Crippen LogP contribution >= 0.6 is 11.8 Å². The van der Waals surface area contributed by atoms with Gasteiger partial charge in [0.2, 0.25) is 10.0 Å². The summed E-state index contributed by atoms with van der Waals surface area (Å²) in [4.78, 5) is 9.94. The van der Waals surface area contributed by atoms with Crippen LogP contribution in [0.5, 0.6) is 0 Å². The second-order valence-electron chi connectivity index (χ2n) is 5.16. The van der Waals surface area contributed by atoms with Crippen molar-refractivity contribution in [3.63, 3.8) is 0 Å². The first-order valence-electron chi connectivity index (χ1n) is 7.26. The van der Waals surface area contributed by atoms with E-state index in [2.05, 4.69) is 10.8 Å². The molecule has 6 nitrogen and oxygen atoms in total. The van der Waals surface area contributed by atoms with Crippen molar-refractivity contribution in [2.45, 2.75) is 17.6 Å². The Bertz CT molecular complexity index is 822. The standard InChI is InChI=1S/C16H18N2O4S2/c1-13-5-4-6-14(11-13)12-23-10-9-17-24(21,22)16-8-3-2-7-15(16)18(19)20/h2-8,11,17H,9-10,12H2,1H3. The summed E-state index contributed by atoms with van der Waals surface area (Å²) in [6, 6.07) is 13.4. The van der Waals surface area contributed by atoms with Gasteiger partial charge in [0.1, 0.15) is 0 Å². The first kappa shape index (κ1) is 18.4. The van der Waals surface area contributed by atoms with Crippen molar-refractivity contribution in [2.24, 2.45) is 0 Å². The van der Waals surface area contributed by atoms with Gasteiger partial charge < -0.3 is 0 Å². The van der Waals surface area contributed by atoms with Crippen LogP contribution in [0.15, 0.2) is 53.4 Å². The van der Waals surface area contributed by atoms with Gasteiger partial charge in [-0.05, 0) is 18.6 Å². The van der Waals surface area contributed by atoms with E-state index in [-0.39, 0.29) is 11.4 Å².